The predicted molar refractivity (Wildman–Crippen MR) is 79.6 cm³/mol. The van der Waals surface area contributed by atoms with Crippen molar-refractivity contribution in [3.05, 3.63) is 35.9 Å². The molecule has 1 unspecified atom stereocenters. The van der Waals surface area contributed by atoms with E-state index in [1.165, 1.54) is 0 Å². The Kier molecular flexibility index (Phi) is 5.76. The Bertz CT molecular complexity index is 437. The SMILES string of the molecule is CCOC1(OCC)CC1CCC(=O)OCc1ccccc1. The minimum Gasteiger partial charge on any atom is -0.461 e. The maximum Gasteiger partial charge on any atom is 0.306 e. The van der Waals surface area contributed by atoms with Gasteiger partial charge in [0.2, 0.25) is 0 Å². The molecule has 1 aromatic rings. The van der Waals surface area contributed by atoms with Crippen molar-refractivity contribution in [2.24, 2.45) is 5.92 Å². The second kappa shape index (κ2) is 7.57. The summed E-state index contributed by atoms with van der Waals surface area (Å²) in [5.74, 6) is -0.294. The molecule has 1 aromatic carbocycles. The van der Waals surface area contributed by atoms with Gasteiger partial charge in [0.25, 0.3) is 0 Å². The molecular weight excluding hydrogens is 268 g/mol. The van der Waals surface area contributed by atoms with Crippen LogP contribution >= 0.6 is 0 Å². The van der Waals surface area contributed by atoms with E-state index in [2.05, 4.69) is 0 Å². The van der Waals surface area contributed by atoms with Crippen LogP contribution in [0.25, 0.3) is 0 Å². The van der Waals surface area contributed by atoms with E-state index in [-0.39, 0.29) is 5.97 Å². The van der Waals surface area contributed by atoms with Gasteiger partial charge in [0.05, 0.1) is 0 Å². The quantitative estimate of drug-likeness (QED) is 0.517. The van der Waals surface area contributed by atoms with Crippen LogP contribution in [0.15, 0.2) is 30.3 Å². The van der Waals surface area contributed by atoms with Gasteiger partial charge < -0.3 is 14.2 Å². The van der Waals surface area contributed by atoms with Gasteiger partial charge in [-0.2, -0.15) is 0 Å². The molecule has 2 rings (SSSR count). The molecule has 0 bridgehead atoms. The summed E-state index contributed by atoms with van der Waals surface area (Å²) in [5, 5.41) is 0. The maximum atomic E-state index is 11.8. The van der Waals surface area contributed by atoms with E-state index >= 15 is 0 Å². The number of esters is 1. The summed E-state index contributed by atoms with van der Waals surface area (Å²) < 4.78 is 16.6. The smallest absolute Gasteiger partial charge is 0.306 e. The summed E-state index contributed by atoms with van der Waals surface area (Å²) in [6, 6.07) is 9.71. The fourth-order valence-corrected chi connectivity index (χ4v) is 2.59. The first-order valence-electron chi connectivity index (χ1n) is 7.67. The Morgan fingerprint density at radius 3 is 2.48 bits per heavy atom. The zero-order valence-corrected chi connectivity index (χ0v) is 12.8. The molecule has 0 radical (unpaired) electrons. The Balaban J connectivity index is 1.68. The van der Waals surface area contributed by atoms with E-state index in [9.17, 15) is 4.79 Å². The number of benzene rings is 1. The molecule has 0 spiro atoms. The number of rotatable bonds is 9. The van der Waals surface area contributed by atoms with Gasteiger partial charge in [0.15, 0.2) is 5.79 Å². The molecule has 0 amide bonds. The van der Waals surface area contributed by atoms with Crippen molar-refractivity contribution in [2.75, 3.05) is 13.2 Å². The average Bonchev–Trinajstić information content (AvgIpc) is 3.17. The molecule has 0 aliphatic heterocycles. The molecule has 4 nitrogen and oxygen atoms in total. The third kappa shape index (κ3) is 4.55. The molecule has 21 heavy (non-hydrogen) atoms. The number of ether oxygens (including phenoxy) is 3. The Morgan fingerprint density at radius 2 is 1.86 bits per heavy atom. The maximum absolute atomic E-state index is 11.8. The molecule has 0 N–H and O–H groups in total. The van der Waals surface area contributed by atoms with E-state index in [0.29, 0.717) is 32.2 Å². The molecule has 1 fully saturated rings. The van der Waals surface area contributed by atoms with Gasteiger partial charge in [-0.05, 0) is 25.8 Å². The zero-order chi connectivity index (χ0) is 15.1. The van der Waals surface area contributed by atoms with Crippen molar-refractivity contribution < 1.29 is 19.0 Å². The van der Waals surface area contributed by atoms with Crippen LogP contribution < -0.4 is 0 Å². The highest BCUT2D eigenvalue weighted by Crippen LogP contribution is 2.50. The Morgan fingerprint density at radius 1 is 1.19 bits per heavy atom. The second-order valence-electron chi connectivity index (χ2n) is 5.26. The minimum atomic E-state index is -0.441. The zero-order valence-electron chi connectivity index (χ0n) is 12.8. The number of hydrogen-bond donors (Lipinski definition) is 0. The monoisotopic (exact) mass is 292 g/mol. The van der Waals surface area contributed by atoms with Crippen molar-refractivity contribution in [1.82, 2.24) is 0 Å². The summed E-state index contributed by atoms with van der Waals surface area (Å²) in [7, 11) is 0. The van der Waals surface area contributed by atoms with Crippen molar-refractivity contribution in [2.45, 2.75) is 45.5 Å². The molecule has 1 aliphatic rings. The number of hydrogen-bond acceptors (Lipinski definition) is 4. The van der Waals surface area contributed by atoms with Crippen LogP contribution in [0.5, 0.6) is 0 Å². The molecule has 4 heteroatoms. The molecule has 0 heterocycles. The molecule has 116 valence electrons. The number of carbonyl (C=O) groups is 1. The summed E-state index contributed by atoms with van der Waals surface area (Å²) in [6.07, 6.45) is 2.05. The van der Waals surface area contributed by atoms with Crippen LogP contribution in [0.4, 0.5) is 0 Å². The number of carbonyl (C=O) groups excluding carboxylic acids is 1. The highest BCUT2D eigenvalue weighted by Gasteiger charge is 2.56. The molecule has 1 saturated carbocycles. The lowest BCUT2D eigenvalue weighted by Gasteiger charge is -2.17. The lowest BCUT2D eigenvalue weighted by atomic mass is 10.2. The summed E-state index contributed by atoms with van der Waals surface area (Å²) in [5.41, 5.74) is 1.01. The summed E-state index contributed by atoms with van der Waals surface area (Å²) >= 11 is 0. The van der Waals surface area contributed by atoms with Gasteiger partial charge in [-0.1, -0.05) is 30.3 Å². The Labute approximate surface area is 126 Å². The van der Waals surface area contributed by atoms with E-state index in [0.717, 1.165) is 18.4 Å². The normalized spacial score (nSPS) is 19.2. The van der Waals surface area contributed by atoms with Crippen molar-refractivity contribution in [1.29, 1.82) is 0 Å². The van der Waals surface area contributed by atoms with Crippen LogP contribution in [0, 0.1) is 5.92 Å². The van der Waals surface area contributed by atoms with Gasteiger partial charge in [-0.15, -0.1) is 0 Å². The minimum absolute atomic E-state index is 0.160. The van der Waals surface area contributed by atoms with E-state index in [4.69, 9.17) is 14.2 Å². The van der Waals surface area contributed by atoms with Gasteiger partial charge >= 0.3 is 5.97 Å². The third-order valence-corrected chi connectivity index (χ3v) is 3.71. The van der Waals surface area contributed by atoms with Crippen molar-refractivity contribution in [3.8, 4) is 0 Å². The lowest BCUT2D eigenvalue weighted by molar-refractivity contribution is -0.172. The predicted octanol–water partition coefficient (Wildman–Crippen LogP) is 3.30. The van der Waals surface area contributed by atoms with Crippen molar-refractivity contribution in [3.63, 3.8) is 0 Å². The first-order valence-corrected chi connectivity index (χ1v) is 7.67. The molecule has 0 saturated heterocycles. The first-order chi connectivity index (χ1) is 10.2. The van der Waals surface area contributed by atoms with E-state index in [1.54, 1.807) is 0 Å². The second-order valence-corrected chi connectivity index (χ2v) is 5.26. The molecule has 1 atom stereocenters. The highest BCUT2D eigenvalue weighted by molar-refractivity contribution is 5.69. The van der Waals surface area contributed by atoms with Crippen LogP contribution in [0.1, 0.15) is 38.7 Å². The van der Waals surface area contributed by atoms with E-state index in [1.807, 2.05) is 44.2 Å². The summed E-state index contributed by atoms with van der Waals surface area (Å²) in [4.78, 5) is 11.8. The van der Waals surface area contributed by atoms with Crippen LogP contribution in [0.3, 0.4) is 0 Å². The third-order valence-electron chi connectivity index (χ3n) is 3.71. The van der Waals surface area contributed by atoms with Crippen LogP contribution in [0.2, 0.25) is 0 Å². The fourth-order valence-electron chi connectivity index (χ4n) is 2.59. The topological polar surface area (TPSA) is 44.8 Å². The van der Waals surface area contributed by atoms with Crippen LogP contribution in [-0.4, -0.2) is 25.0 Å². The standard InChI is InChI=1S/C17H24O4/c1-3-20-17(21-4-2)12-15(17)10-11-16(18)19-13-14-8-6-5-7-9-14/h5-9,15H,3-4,10-13H2,1-2H3. The molecule has 0 aromatic heterocycles. The van der Waals surface area contributed by atoms with E-state index < -0.39 is 5.79 Å². The van der Waals surface area contributed by atoms with Gasteiger partial charge in [0, 0.05) is 32.0 Å². The van der Waals surface area contributed by atoms with Crippen molar-refractivity contribution >= 4 is 5.97 Å². The first kappa shape index (κ1) is 16.0. The highest BCUT2D eigenvalue weighted by atomic mass is 16.7. The largest absolute Gasteiger partial charge is 0.461 e. The Hall–Kier alpha value is -1.39. The van der Waals surface area contributed by atoms with Crippen LogP contribution in [-0.2, 0) is 25.6 Å². The molecular formula is C17H24O4. The van der Waals surface area contributed by atoms with Gasteiger partial charge in [0.1, 0.15) is 6.61 Å². The molecule has 1 aliphatic carbocycles. The lowest BCUT2D eigenvalue weighted by Crippen LogP contribution is -2.22. The van der Waals surface area contributed by atoms with Gasteiger partial charge in [-0.25, -0.2) is 0 Å². The van der Waals surface area contributed by atoms with Gasteiger partial charge in [-0.3, -0.25) is 4.79 Å². The summed E-state index contributed by atoms with van der Waals surface area (Å²) in [6.45, 7) is 5.53. The average molecular weight is 292 g/mol. The fraction of sp³-hybridized carbons (Fsp3) is 0.588.